The lowest BCUT2D eigenvalue weighted by Gasteiger charge is -2.22. The molecule has 0 amide bonds. The molecule has 2 atom stereocenters. The van der Waals surface area contributed by atoms with E-state index >= 15 is 0 Å². The van der Waals surface area contributed by atoms with E-state index in [9.17, 15) is 0 Å². The third-order valence-electron chi connectivity index (χ3n) is 3.09. The average Bonchev–Trinajstić information content (AvgIpc) is 2.74. The van der Waals surface area contributed by atoms with Crippen LogP contribution < -0.4 is 10.5 Å². The van der Waals surface area contributed by atoms with E-state index in [0.29, 0.717) is 26.2 Å². The fourth-order valence-electron chi connectivity index (χ4n) is 2.12. The van der Waals surface area contributed by atoms with Gasteiger partial charge in [0.1, 0.15) is 11.9 Å². The van der Waals surface area contributed by atoms with E-state index in [1.54, 1.807) is 0 Å². The predicted octanol–water partition coefficient (Wildman–Crippen LogP) is 2.24. The Morgan fingerprint density at radius 1 is 1.39 bits per heavy atom. The van der Waals surface area contributed by atoms with Gasteiger partial charge in [-0.05, 0) is 38.1 Å². The highest BCUT2D eigenvalue weighted by Gasteiger charge is 2.37. The molecule has 1 fully saturated rings. The van der Waals surface area contributed by atoms with Gasteiger partial charge in [0.05, 0.1) is 13.2 Å². The molecule has 1 aromatic rings. The lowest BCUT2D eigenvalue weighted by Crippen LogP contribution is -2.28. The van der Waals surface area contributed by atoms with Crippen LogP contribution in [0.5, 0.6) is 5.75 Å². The van der Waals surface area contributed by atoms with Crippen LogP contribution in [0.1, 0.15) is 31.9 Å². The van der Waals surface area contributed by atoms with Gasteiger partial charge in [0, 0.05) is 6.42 Å². The first-order valence-electron chi connectivity index (χ1n) is 6.41. The maximum atomic E-state index is 5.93. The molecule has 1 saturated heterocycles. The summed E-state index contributed by atoms with van der Waals surface area (Å²) >= 11 is 0. The van der Waals surface area contributed by atoms with Crippen molar-refractivity contribution in [1.82, 2.24) is 0 Å². The number of hydrogen-bond acceptors (Lipinski definition) is 4. The highest BCUT2D eigenvalue weighted by Crippen LogP contribution is 2.35. The van der Waals surface area contributed by atoms with Gasteiger partial charge in [-0.1, -0.05) is 12.1 Å². The molecule has 0 radical (unpaired) electrons. The minimum atomic E-state index is -0.544. The van der Waals surface area contributed by atoms with Crippen molar-refractivity contribution in [3.63, 3.8) is 0 Å². The van der Waals surface area contributed by atoms with E-state index in [2.05, 4.69) is 0 Å². The van der Waals surface area contributed by atoms with Crippen LogP contribution in [0.3, 0.4) is 0 Å². The van der Waals surface area contributed by atoms with Gasteiger partial charge >= 0.3 is 0 Å². The topological polar surface area (TPSA) is 53.7 Å². The van der Waals surface area contributed by atoms with Gasteiger partial charge < -0.3 is 19.9 Å². The molecule has 1 aliphatic heterocycles. The first-order valence-corrected chi connectivity index (χ1v) is 6.41. The second-order valence-corrected chi connectivity index (χ2v) is 4.59. The Balaban J connectivity index is 2.00. The summed E-state index contributed by atoms with van der Waals surface area (Å²) in [6, 6.07) is 7.96. The minimum absolute atomic E-state index is 0.0165. The monoisotopic (exact) mass is 251 g/mol. The van der Waals surface area contributed by atoms with Gasteiger partial charge in [0.15, 0.2) is 5.79 Å². The second-order valence-electron chi connectivity index (χ2n) is 4.59. The molecular weight excluding hydrogens is 230 g/mol. The Hall–Kier alpha value is -1.10. The first-order chi connectivity index (χ1) is 8.67. The minimum Gasteiger partial charge on any atom is -0.494 e. The van der Waals surface area contributed by atoms with Crippen molar-refractivity contribution < 1.29 is 14.2 Å². The predicted molar refractivity (Wildman–Crippen MR) is 69.5 cm³/mol. The summed E-state index contributed by atoms with van der Waals surface area (Å²) in [4.78, 5) is 0. The van der Waals surface area contributed by atoms with E-state index in [-0.39, 0.29) is 6.10 Å². The molecule has 1 aromatic carbocycles. The summed E-state index contributed by atoms with van der Waals surface area (Å²) in [5.41, 5.74) is 6.66. The molecule has 1 aliphatic rings. The lowest BCUT2D eigenvalue weighted by molar-refractivity contribution is -0.157. The molecular formula is C14H21NO3. The van der Waals surface area contributed by atoms with E-state index in [4.69, 9.17) is 19.9 Å². The van der Waals surface area contributed by atoms with Crippen molar-refractivity contribution in [2.75, 3.05) is 19.8 Å². The van der Waals surface area contributed by atoms with Gasteiger partial charge in [0.25, 0.3) is 0 Å². The largest absolute Gasteiger partial charge is 0.494 e. The van der Waals surface area contributed by atoms with Gasteiger partial charge in [-0.2, -0.15) is 0 Å². The number of ether oxygens (including phenoxy) is 3. The SMILES string of the molecule is CCOc1ccc(C2COC(C)(CCN)O2)cc1. The molecule has 100 valence electrons. The van der Waals surface area contributed by atoms with Gasteiger partial charge in [-0.3, -0.25) is 0 Å². The Kier molecular flexibility index (Phi) is 4.22. The summed E-state index contributed by atoms with van der Waals surface area (Å²) in [5, 5.41) is 0. The smallest absolute Gasteiger partial charge is 0.167 e. The summed E-state index contributed by atoms with van der Waals surface area (Å²) < 4.78 is 17.0. The third-order valence-corrected chi connectivity index (χ3v) is 3.09. The molecule has 1 heterocycles. The second kappa shape index (κ2) is 5.69. The first kappa shape index (κ1) is 13.3. The molecule has 0 bridgehead atoms. The van der Waals surface area contributed by atoms with Crippen LogP contribution in [0.15, 0.2) is 24.3 Å². The van der Waals surface area contributed by atoms with Crippen LogP contribution >= 0.6 is 0 Å². The molecule has 0 aliphatic carbocycles. The summed E-state index contributed by atoms with van der Waals surface area (Å²) in [6.07, 6.45) is 0.692. The van der Waals surface area contributed by atoms with Gasteiger partial charge in [-0.25, -0.2) is 0 Å². The number of rotatable bonds is 5. The van der Waals surface area contributed by atoms with Crippen molar-refractivity contribution in [2.24, 2.45) is 5.73 Å². The van der Waals surface area contributed by atoms with E-state index in [0.717, 1.165) is 11.3 Å². The Bertz CT molecular complexity index is 379. The molecule has 4 nitrogen and oxygen atoms in total. The molecule has 2 unspecified atom stereocenters. The third kappa shape index (κ3) is 3.02. The van der Waals surface area contributed by atoms with E-state index < -0.39 is 5.79 Å². The van der Waals surface area contributed by atoms with Crippen LogP contribution in [-0.4, -0.2) is 25.5 Å². The summed E-state index contributed by atoms with van der Waals surface area (Å²) in [6.45, 7) is 5.72. The zero-order valence-corrected chi connectivity index (χ0v) is 11.0. The Labute approximate surface area is 108 Å². The number of benzene rings is 1. The molecule has 4 heteroatoms. The highest BCUT2D eigenvalue weighted by molar-refractivity contribution is 5.29. The number of hydrogen-bond donors (Lipinski definition) is 1. The highest BCUT2D eigenvalue weighted by atomic mass is 16.7. The van der Waals surface area contributed by atoms with E-state index in [1.807, 2.05) is 38.1 Å². The van der Waals surface area contributed by atoms with Crippen molar-refractivity contribution >= 4 is 0 Å². The quantitative estimate of drug-likeness (QED) is 0.872. The summed E-state index contributed by atoms with van der Waals surface area (Å²) in [7, 11) is 0. The average molecular weight is 251 g/mol. The molecule has 0 saturated carbocycles. The van der Waals surface area contributed by atoms with Crippen LogP contribution in [0.25, 0.3) is 0 Å². The Morgan fingerprint density at radius 3 is 2.72 bits per heavy atom. The zero-order chi connectivity index (χ0) is 13.0. The standard InChI is InChI=1S/C14H21NO3/c1-3-16-12-6-4-11(5-7-12)13-10-17-14(2,18-13)8-9-15/h4-7,13H,3,8-10,15H2,1-2H3. The zero-order valence-electron chi connectivity index (χ0n) is 11.0. The molecule has 2 N–H and O–H groups in total. The molecule has 0 aromatic heterocycles. The van der Waals surface area contributed by atoms with Crippen molar-refractivity contribution in [2.45, 2.75) is 32.2 Å². The van der Waals surface area contributed by atoms with E-state index in [1.165, 1.54) is 0 Å². The number of nitrogens with two attached hydrogens (primary N) is 1. The van der Waals surface area contributed by atoms with Crippen LogP contribution in [0, 0.1) is 0 Å². The fraction of sp³-hybridized carbons (Fsp3) is 0.571. The normalized spacial score (nSPS) is 27.4. The maximum Gasteiger partial charge on any atom is 0.167 e. The van der Waals surface area contributed by atoms with Crippen molar-refractivity contribution in [1.29, 1.82) is 0 Å². The lowest BCUT2D eigenvalue weighted by atomic mass is 10.1. The fourth-order valence-corrected chi connectivity index (χ4v) is 2.12. The van der Waals surface area contributed by atoms with Gasteiger partial charge in [0.2, 0.25) is 0 Å². The van der Waals surface area contributed by atoms with Crippen molar-refractivity contribution in [3.8, 4) is 5.75 Å². The molecule has 18 heavy (non-hydrogen) atoms. The van der Waals surface area contributed by atoms with Crippen LogP contribution in [0.2, 0.25) is 0 Å². The van der Waals surface area contributed by atoms with Crippen LogP contribution in [-0.2, 0) is 9.47 Å². The maximum absolute atomic E-state index is 5.93. The van der Waals surface area contributed by atoms with Crippen molar-refractivity contribution in [3.05, 3.63) is 29.8 Å². The summed E-state index contributed by atoms with van der Waals surface area (Å²) in [5.74, 6) is 0.336. The van der Waals surface area contributed by atoms with Gasteiger partial charge in [-0.15, -0.1) is 0 Å². The van der Waals surface area contributed by atoms with Crippen LogP contribution in [0.4, 0.5) is 0 Å². The molecule has 0 spiro atoms. The Morgan fingerprint density at radius 2 is 2.11 bits per heavy atom. The molecule has 2 rings (SSSR count).